The monoisotopic (exact) mass is 348 g/mol. The van der Waals surface area contributed by atoms with Crippen LogP contribution in [0, 0.1) is 11.8 Å². The van der Waals surface area contributed by atoms with Crippen molar-refractivity contribution in [2.75, 3.05) is 6.54 Å². The Kier molecular flexibility index (Phi) is 6.04. The Morgan fingerprint density at radius 3 is 2.60 bits per heavy atom. The third-order valence-electron chi connectivity index (χ3n) is 5.51. The van der Waals surface area contributed by atoms with Crippen LogP contribution in [0.15, 0.2) is 0 Å². The van der Waals surface area contributed by atoms with E-state index in [2.05, 4.69) is 20.1 Å². The lowest BCUT2D eigenvalue weighted by Gasteiger charge is -2.25. The van der Waals surface area contributed by atoms with E-state index in [9.17, 15) is 9.59 Å². The lowest BCUT2D eigenvalue weighted by molar-refractivity contribution is -0.144. The Bertz CT molecular complexity index is 605. The fourth-order valence-corrected chi connectivity index (χ4v) is 3.94. The topological polar surface area (TPSA) is 97.1 Å². The highest BCUT2D eigenvalue weighted by molar-refractivity contribution is 5.79. The minimum Gasteiger partial charge on any atom is -0.481 e. The molecule has 1 fully saturated rings. The predicted molar refractivity (Wildman–Crippen MR) is 92.0 cm³/mol. The van der Waals surface area contributed by atoms with Gasteiger partial charge in [-0.3, -0.25) is 9.59 Å². The van der Waals surface area contributed by atoms with E-state index < -0.39 is 5.97 Å². The summed E-state index contributed by atoms with van der Waals surface area (Å²) in [4.78, 5) is 23.2. The second-order valence-electron chi connectivity index (χ2n) is 7.28. The molecule has 2 heterocycles. The first-order valence-corrected chi connectivity index (χ1v) is 9.56. The number of fused-ring (bicyclic) bond motifs is 1. The molecule has 138 valence electrons. The maximum Gasteiger partial charge on any atom is 0.306 e. The van der Waals surface area contributed by atoms with Gasteiger partial charge < -0.3 is 15.0 Å². The van der Waals surface area contributed by atoms with Gasteiger partial charge in [-0.25, -0.2) is 0 Å². The third kappa shape index (κ3) is 4.58. The van der Waals surface area contributed by atoms with Gasteiger partial charge in [0, 0.05) is 31.8 Å². The average molecular weight is 348 g/mol. The van der Waals surface area contributed by atoms with Crippen molar-refractivity contribution < 1.29 is 14.7 Å². The fraction of sp³-hybridized carbons (Fsp3) is 0.778. The van der Waals surface area contributed by atoms with Gasteiger partial charge >= 0.3 is 5.97 Å². The van der Waals surface area contributed by atoms with Gasteiger partial charge in [0.15, 0.2) is 0 Å². The quantitative estimate of drug-likeness (QED) is 0.766. The van der Waals surface area contributed by atoms with E-state index in [1.807, 2.05) is 0 Å². The number of aromatic nitrogens is 3. The second-order valence-corrected chi connectivity index (χ2v) is 7.28. The molecule has 2 N–H and O–H groups in total. The molecule has 0 bridgehead atoms. The number of amides is 1. The van der Waals surface area contributed by atoms with Gasteiger partial charge in [0.25, 0.3) is 0 Å². The molecule has 7 nitrogen and oxygen atoms in total. The summed E-state index contributed by atoms with van der Waals surface area (Å²) in [7, 11) is 0. The largest absolute Gasteiger partial charge is 0.481 e. The lowest BCUT2D eigenvalue weighted by atomic mass is 9.81. The Morgan fingerprint density at radius 2 is 1.84 bits per heavy atom. The number of hydrogen-bond donors (Lipinski definition) is 2. The third-order valence-corrected chi connectivity index (χ3v) is 5.51. The molecule has 1 aliphatic heterocycles. The normalized spacial score (nSPS) is 23.5. The highest BCUT2D eigenvalue weighted by atomic mass is 16.4. The van der Waals surface area contributed by atoms with Crippen LogP contribution in [0.4, 0.5) is 0 Å². The fourth-order valence-electron chi connectivity index (χ4n) is 3.94. The van der Waals surface area contributed by atoms with Crippen LogP contribution in [-0.4, -0.2) is 38.3 Å². The Labute approximate surface area is 148 Å². The Balaban J connectivity index is 1.38. The van der Waals surface area contributed by atoms with E-state index in [0.29, 0.717) is 32.2 Å². The van der Waals surface area contributed by atoms with Gasteiger partial charge in [-0.1, -0.05) is 6.42 Å². The number of aliphatic carboxylic acids is 1. The molecule has 7 heteroatoms. The van der Waals surface area contributed by atoms with Gasteiger partial charge in [0.05, 0.1) is 5.92 Å². The van der Waals surface area contributed by atoms with Gasteiger partial charge in [0.1, 0.15) is 11.6 Å². The van der Waals surface area contributed by atoms with Crippen molar-refractivity contribution >= 4 is 11.9 Å². The molecule has 0 unspecified atom stereocenters. The van der Waals surface area contributed by atoms with Crippen molar-refractivity contribution in [3.63, 3.8) is 0 Å². The van der Waals surface area contributed by atoms with Crippen molar-refractivity contribution in [1.29, 1.82) is 0 Å². The van der Waals surface area contributed by atoms with E-state index in [4.69, 9.17) is 5.11 Å². The molecule has 1 amide bonds. The Hall–Kier alpha value is -1.92. The molecule has 0 spiro atoms. The highest BCUT2D eigenvalue weighted by Crippen LogP contribution is 2.29. The molecule has 25 heavy (non-hydrogen) atoms. The summed E-state index contributed by atoms with van der Waals surface area (Å²) >= 11 is 0. The first kappa shape index (κ1) is 17.9. The summed E-state index contributed by atoms with van der Waals surface area (Å²) in [5.41, 5.74) is 0. The van der Waals surface area contributed by atoms with Crippen LogP contribution < -0.4 is 5.32 Å². The van der Waals surface area contributed by atoms with Crippen molar-refractivity contribution in [1.82, 2.24) is 20.1 Å². The van der Waals surface area contributed by atoms with Crippen LogP contribution in [0.3, 0.4) is 0 Å². The standard InChI is InChI=1S/C18H28N4O3/c23-17(13-7-9-14(10-8-13)18(24)25)19-11-4-6-16-21-20-15-5-2-1-3-12-22(15)16/h13-14H,1-12H2,(H,19,23)(H,24,25). The van der Waals surface area contributed by atoms with Gasteiger partial charge in [-0.2, -0.15) is 0 Å². The van der Waals surface area contributed by atoms with Gasteiger partial charge in [0.2, 0.25) is 5.91 Å². The van der Waals surface area contributed by atoms with Crippen LogP contribution in [0.5, 0.6) is 0 Å². The zero-order valence-electron chi connectivity index (χ0n) is 14.7. The molecule has 0 saturated heterocycles. The smallest absolute Gasteiger partial charge is 0.306 e. The first-order valence-electron chi connectivity index (χ1n) is 9.56. The maximum absolute atomic E-state index is 12.2. The molecule has 1 aliphatic carbocycles. The number of nitrogens with one attached hydrogen (secondary N) is 1. The van der Waals surface area contributed by atoms with Crippen molar-refractivity contribution in [2.45, 2.75) is 70.8 Å². The molecule has 1 aromatic rings. The van der Waals surface area contributed by atoms with Crippen LogP contribution in [0.1, 0.15) is 63.0 Å². The highest BCUT2D eigenvalue weighted by Gasteiger charge is 2.29. The zero-order chi connectivity index (χ0) is 17.6. The number of carboxylic acids is 1. The predicted octanol–water partition coefficient (Wildman–Crippen LogP) is 1.94. The second kappa shape index (κ2) is 8.45. The van der Waals surface area contributed by atoms with Crippen molar-refractivity contribution in [3.05, 3.63) is 11.6 Å². The molecular weight excluding hydrogens is 320 g/mol. The molecule has 2 aliphatic rings. The summed E-state index contributed by atoms with van der Waals surface area (Å²) in [5, 5.41) is 20.6. The van der Waals surface area contributed by atoms with Crippen LogP contribution >= 0.6 is 0 Å². The Morgan fingerprint density at radius 1 is 1.08 bits per heavy atom. The minimum atomic E-state index is -0.730. The molecule has 0 radical (unpaired) electrons. The molecule has 0 atom stereocenters. The zero-order valence-corrected chi connectivity index (χ0v) is 14.7. The number of carbonyl (C=O) groups is 2. The van der Waals surface area contributed by atoms with Crippen LogP contribution in [-0.2, 0) is 29.0 Å². The van der Waals surface area contributed by atoms with E-state index in [0.717, 1.165) is 37.5 Å². The summed E-state index contributed by atoms with van der Waals surface area (Å²) in [6.07, 6.45) is 8.92. The summed E-state index contributed by atoms with van der Waals surface area (Å²) in [5.74, 6) is 1.18. The van der Waals surface area contributed by atoms with E-state index in [1.54, 1.807) is 0 Å². The minimum absolute atomic E-state index is 0.0278. The molecule has 1 aromatic heterocycles. The molecule has 3 rings (SSSR count). The number of hydrogen-bond acceptors (Lipinski definition) is 4. The summed E-state index contributed by atoms with van der Waals surface area (Å²) < 4.78 is 2.25. The van der Waals surface area contributed by atoms with E-state index in [1.165, 1.54) is 19.3 Å². The van der Waals surface area contributed by atoms with Gasteiger partial charge in [-0.05, 0) is 44.9 Å². The molecular formula is C18H28N4O3. The van der Waals surface area contributed by atoms with E-state index >= 15 is 0 Å². The molecule has 0 aromatic carbocycles. The SMILES string of the molecule is O=C(O)C1CCC(C(=O)NCCCc2nnc3n2CCCCC3)CC1. The lowest BCUT2D eigenvalue weighted by Crippen LogP contribution is -2.35. The number of carboxylic acid groups (broad SMARTS) is 1. The van der Waals surface area contributed by atoms with Crippen molar-refractivity contribution in [2.24, 2.45) is 11.8 Å². The molecule has 1 saturated carbocycles. The van der Waals surface area contributed by atoms with Crippen LogP contribution in [0.25, 0.3) is 0 Å². The number of aryl methyl sites for hydroxylation is 2. The average Bonchev–Trinajstić information content (AvgIpc) is 2.85. The maximum atomic E-state index is 12.2. The van der Waals surface area contributed by atoms with Crippen molar-refractivity contribution in [3.8, 4) is 0 Å². The number of nitrogens with zero attached hydrogens (tertiary/aromatic N) is 3. The van der Waals surface area contributed by atoms with E-state index in [-0.39, 0.29) is 17.7 Å². The summed E-state index contributed by atoms with van der Waals surface area (Å²) in [6.45, 7) is 1.65. The number of carbonyl (C=O) groups excluding carboxylic acids is 1. The van der Waals surface area contributed by atoms with Gasteiger partial charge in [-0.15, -0.1) is 10.2 Å². The number of rotatable bonds is 6. The summed E-state index contributed by atoms with van der Waals surface area (Å²) in [6, 6.07) is 0. The van der Waals surface area contributed by atoms with Crippen LogP contribution in [0.2, 0.25) is 0 Å². The first-order chi connectivity index (χ1) is 12.1.